The van der Waals surface area contributed by atoms with Gasteiger partial charge in [-0.25, -0.2) is 0 Å². The molecule has 1 spiro atoms. The second kappa shape index (κ2) is 2.68. The summed E-state index contributed by atoms with van der Waals surface area (Å²) in [6, 6.07) is 5.78. The highest BCUT2D eigenvalue weighted by molar-refractivity contribution is 7.12. The van der Waals surface area contributed by atoms with Gasteiger partial charge >= 0.3 is 0 Å². The lowest BCUT2D eigenvalue weighted by molar-refractivity contribution is -0.125. The van der Waals surface area contributed by atoms with Gasteiger partial charge in [-0.3, -0.25) is 14.9 Å². The van der Waals surface area contributed by atoms with Crippen molar-refractivity contribution in [3.63, 3.8) is 0 Å². The Morgan fingerprint density at radius 2 is 2.24 bits per heavy atom. The smallest absolute Gasteiger partial charge is 0.243 e. The zero-order valence-corrected chi connectivity index (χ0v) is 9.58. The van der Waals surface area contributed by atoms with Crippen LogP contribution >= 0.6 is 11.3 Å². The zero-order chi connectivity index (χ0) is 11.6. The summed E-state index contributed by atoms with van der Waals surface area (Å²) < 4.78 is 2.01. The van der Waals surface area contributed by atoms with E-state index in [1.807, 2.05) is 34.3 Å². The molecule has 1 fully saturated rings. The first-order valence-electron chi connectivity index (χ1n) is 5.34. The maximum atomic E-state index is 12.2. The van der Waals surface area contributed by atoms with E-state index in [-0.39, 0.29) is 18.2 Å². The SMILES string of the molecule is O=C1CC2(C(=O)N1)c1ccsc1-n1cccc12. The summed E-state index contributed by atoms with van der Waals surface area (Å²) >= 11 is 1.60. The second-order valence-corrected chi connectivity index (χ2v) is 5.26. The Bertz CT molecular complexity index is 627. The van der Waals surface area contributed by atoms with E-state index in [0.29, 0.717) is 0 Å². The van der Waals surface area contributed by atoms with E-state index in [1.165, 1.54) is 0 Å². The van der Waals surface area contributed by atoms with E-state index in [4.69, 9.17) is 0 Å². The topological polar surface area (TPSA) is 51.1 Å². The number of rotatable bonds is 0. The summed E-state index contributed by atoms with van der Waals surface area (Å²) in [4.78, 5) is 23.7. The van der Waals surface area contributed by atoms with E-state index in [9.17, 15) is 9.59 Å². The van der Waals surface area contributed by atoms with Gasteiger partial charge in [-0.2, -0.15) is 0 Å². The molecule has 84 valence electrons. The molecule has 0 saturated carbocycles. The van der Waals surface area contributed by atoms with Crippen LogP contribution < -0.4 is 5.32 Å². The van der Waals surface area contributed by atoms with Crippen LogP contribution in [-0.2, 0) is 15.0 Å². The van der Waals surface area contributed by atoms with E-state index in [1.54, 1.807) is 11.3 Å². The van der Waals surface area contributed by atoms with Crippen molar-refractivity contribution in [3.05, 3.63) is 41.0 Å². The number of carbonyl (C=O) groups is 2. The lowest BCUT2D eigenvalue weighted by Crippen LogP contribution is -2.34. The molecule has 4 rings (SSSR count). The number of fused-ring (bicyclic) bond motifs is 5. The predicted molar refractivity (Wildman–Crippen MR) is 62.2 cm³/mol. The third-order valence-corrected chi connectivity index (χ3v) is 4.49. The van der Waals surface area contributed by atoms with Crippen LogP contribution in [0.4, 0.5) is 0 Å². The summed E-state index contributed by atoms with van der Waals surface area (Å²) in [6.07, 6.45) is 2.16. The van der Waals surface area contributed by atoms with Crippen molar-refractivity contribution in [2.24, 2.45) is 0 Å². The number of amides is 2. The first-order chi connectivity index (χ1) is 8.23. The molecule has 0 aliphatic carbocycles. The van der Waals surface area contributed by atoms with Crippen molar-refractivity contribution in [3.8, 4) is 5.00 Å². The summed E-state index contributed by atoms with van der Waals surface area (Å²) in [5, 5.41) is 5.44. The molecule has 17 heavy (non-hydrogen) atoms. The molecule has 2 aromatic heterocycles. The Morgan fingerprint density at radius 3 is 3.00 bits per heavy atom. The lowest BCUT2D eigenvalue weighted by atomic mass is 9.79. The summed E-state index contributed by atoms with van der Waals surface area (Å²) in [7, 11) is 0. The van der Waals surface area contributed by atoms with Crippen molar-refractivity contribution in [2.45, 2.75) is 11.8 Å². The third kappa shape index (κ3) is 0.860. The normalized spacial score (nSPS) is 25.2. The number of nitrogens with zero attached hydrogens (tertiary/aromatic N) is 1. The van der Waals surface area contributed by atoms with Gasteiger partial charge < -0.3 is 4.57 Å². The van der Waals surface area contributed by atoms with Gasteiger partial charge in [0.15, 0.2) is 0 Å². The predicted octanol–water partition coefficient (Wildman–Crippen LogP) is 1.18. The van der Waals surface area contributed by atoms with E-state index < -0.39 is 5.41 Å². The molecule has 4 heterocycles. The van der Waals surface area contributed by atoms with Crippen LogP contribution in [0.25, 0.3) is 5.00 Å². The number of hydrogen-bond donors (Lipinski definition) is 1. The fraction of sp³-hybridized carbons (Fsp3) is 0.167. The molecule has 4 nitrogen and oxygen atoms in total. The Kier molecular flexibility index (Phi) is 1.45. The molecule has 2 aromatic rings. The number of nitrogens with one attached hydrogen (secondary N) is 1. The number of imide groups is 1. The molecule has 1 atom stereocenters. The van der Waals surface area contributed by atoms with E-state index in [2.05, 4.69) is 5.32 Å². The molecule has 2 amide bonds. The van der Waals surface area contributed by atoms with E-state index in [0.717, 1.165) is 16.3 Å². The third-order valence-electron chi connectivity index (χ3n) is 3.58. The Morgan fingerprint density at radius 1 is 1.35 bits per heavy atom. The number of carbonyl (C=O) groups excluding carboxylic acids is 2. The van der Waals surface area contributed by atoms with Crippen LogP contribution in [0.2, 0.25) is 0 Å². The second-order valence-electron chi connectivity index (χ2n) is 4.36. The maximum Gasteiger partial charge on any atom is 0.243 e. The molecule has 0 bridgehead atoms. The first kappa shape index (κ1) is 9.18. The molecule has 1 unspecified atom stereocenters. The first-order valence-corrected chi connectivity index (χ1v) is 6.22. The van der Waals surface area contributed by atoms with E-state index >= 15 is 0 Å². The van der Waals surface area contributed by atoms with Crippen LogP contribution in [0, 0.1) is 0 Å². The number of thiophene rings is 1. The molecule has 2 aliphatic heterocycles. The fourth-order valence-electron chi connectivity index (χ4n) is 2.88. The van der Waals surface area contributed by atoms with Crippen molar-refractivity contribution < 1.29 is 9.59 Å². The van der Waals surface area contributed by atoms with Gasteiger partial charge in [0.2, 0.25) is 11.8 Å². The highest BCUT2D eigenvalue weighted by Gasteiger charge is 2.55. The van der Waals surface area contributed by atoms with Gasteiger partial charge in [-0.15, -0.1) is 11.3 Å². The van der Waals surface area contributed by atoms with Crippen LogP contribution in [0.15, 0.2) is 29.8 Å². The number of hydrogen-bond acceptors (Lipinski definition) is 3. The van der Waals surface area contributed by atoms with Crippen LogP contribution in [0.3, 0.4) is 0 Å². The molecular formula is C12H8N2O2S. The van der Waals surface area contributed by atoms with Gasteiger partial charge in [0.25, 0.3) is 0 Å². The Labute approximate surface area is 101 Å². The van der Waals surface area contributed by atoms with Crippen LogP contribution in [0.1, 0.15) is 17.7 Å². The minimum atomic E-state index is -0.782. The van der Waals surface area contributed by atoms with Crippen molar-refractivity contribution in [1.29, 1.82) is 0 Å². The molecule has 0 aromatic carbocycles. The van der Waals surface area contributed by atoms with Gasteiger partial charge in [0.05, 0.1) is 6.42 Å². The van der Waals surface area contributed by atoms with Crippen LogP contribution in [-0.4, -0.2) is 16.4 Å². The minimum Gasteiger partial charge on any atom is -0.311 e. The molecule has 1 saturated heterocycles. The Hall–Kier alpha value is -1.88. The lowest BCUT2D eigenvalue weighted by Gasteiger charge is -2.18. The summed E-state index contributed by atoms with van der Waals surface area (Å²) in [5.74, 6) is -0.388. The largest absolute Gasteiger partial charge is 0.311 e. The van der Waals surface area contributed by atoms with Gasteiger partial charge in [-0.05, 0) is 23.6 Å². The fourth-order valence-corrected chi connectivity index (χ4v) is 3.85. The summed E-state index contributed by atoms with van der Waals surface area (Å²) in [5.41, 5.74) is 1.08. The maximum absolute atomic E-state index is 12.2. The van der Waals surface area contributed by atoms with Gasteiger partial charge in [0.1, 0.15) is 10.4 Å². The zero-order valence-electron chi connectivity index (χ0n) is 8.77. The van der Waals surface area contributed by atoms with Crippen molar-refractivity contribution in [2.75, 3.05) is 0 Å². The standard InChI is InChI=1S/C12H8N2O2S/c15-9-6-12(11(16)13-9)7-3-5-17-10(7)14-4-1-2-8(12)14/h1-5H,6H2,(H,13,15,16). The van der Waals surface area contributed by atoms with Crippen molar-refractivity contribution >= 4 is 23.2 Å². The monoisotopic (exact) mass is 244 g/mol. The summed E-state index contributed by atoms with van der Waals surface area (Å²) in [6.45, 7) is 0. The highest BCUT2D eigenvalue weighted by Crippen LogP contribution is 2.49. The molecule has 1 N–H and O–H groups in total. The van der Waals surface area contributed by atoms with Gasteiger partial charge in [0, 0.05) is 17.5 Å². The Balaban J connectivity index is 2.11. The average Bonchev–Trinajstić information content (AvgIpc) is 2.95. The van der Waals surface area contributed by atoms with Crippen LogP contribution in [0.5, 0.6) is 0 Å². The molecule has 2 aliphatic rings. The number of aromatic nitrogens is 1. The minimum absolute atomic E-state index is 0.193. The van der Waals surface area contributed by atoms with Gasteiger partial charge in [-0.1, -0.05) is 0 Å². The molecule has 5 heteroatoms. The van der Waals surface area contributed by atoms with Crippen molar-refractivity contribution in [1.82, 2.24) is 9.88 Å². The quantitative estimate of drug-likeness (QED) is 0.708. The highest BCUT2D eigenvalue weighted by atomic mass is 32.1. The average molecular weight is 244 g/mol. The molecular weight excluding hydrogens is 236 g/mol. The molecule has 0 radical (unpaired) electrons.